The zero-order valence-electron chi connectivity index (χ0n) is 31.4. The van der Waals surface area contributed by atoms with E-state index in [2.05, 4.69) is 50.4 Å². The largest absolute Gasteiger partial charge is 0.493 e. The molecule has 2 N–H and O–H groups in total. The monoisotopic (exact) mass is 741 g/mol. The minimum absolute atomic E-state index is 0.0521. The molecule has 14 nitrogen and oxygen atoms in total. The molecule has 5 aliphatic rings. The number of aromatic nitrogens is 1. The third-order valence-electron chi connectivity index (χ3n) is 12.0. The lowest BCUT2D eigenvalue weighted by molar-refractivity contribution is -0.190. The number of methoxy groups -OCH3 is 3. The van der Waals surface area contributed by atoms with Crippen molar-refractivity contribution in [2.45, 2.75) is 49.2 Å². The van der Waals surface area contributed by atoms with E-state index in [0.29, 0.717) is 69.4 Å². The number of piperidine rings is 1. The first-order valence-electron chi connectivity index (χ1n) is 18.8. The molecule has 2 bridgehead atoms. The number of hydrazine groups is 1. The van der Waals surface area contributed by atoms with Gasteiger partial charge in [0.1, 0.15) is 0 Å². The number of amides is 3. The van der Waals surface area contributed by atoms with Gasteiger partial charge in [0, 0.05) is 57.1 Å². The predicted molar refractivity (Wildman–Crippen MR) is 200 cm³/mol. The lowest BCUT2D eigenvalue weighted by atomic mass is 9.72. The number of aliphatic carboxylic acids is 1. The molecule has 0 saturated carbocycles. The topological polar surface area (TPSA) is 140 Å². The average Bonchev–Trinajstić information content (AvgIpc) is 3.63. The van der Waals surface area contributed by atoms with Gasteiger partial charge < -0.3 is 24.2 Å². The molecule has 288 valence electrons. The molecule has 3 amide bonds. The van der Waals surface area contributed by atoms with E-state index in [0.717, 1.165) is 50.1 Å². The van der Waals surface area contributed by atoms with E-state index in [9.17, 15) is 19.5 Å². The van der Waals surface area contributed by atoms with E-state index in [-0.39, 0.29) is 5.41 Å². The number of nitrogens with one attached hydrogen (secondary N) is 1. The molecule has 1 aromatic heterocycles. The summed E-state index contributed by atoms with van der Waals surface area (Å²) in [6.45, 7) is 6.94. The van der Waals surface area contributed by atoms with Crippen LogP contribution >= 0.6 is 0 Å². The maximum Gasteiger partial charge on any atom is 0.343 e. The predicted octanol–water partition coefficient (Wildman–Crippen LogP) is 3.17. The van der Waals surface area contributed by atoms with Gasteiger partial charge in [0.2, 0.25) is 17.8 Å². The van der Waals surface area contributed by atoms with Crippen LogP contribution in [0.1, 0.15) is 42.4 Å². The van der Waals surface area contributed by atoms with Crippen molar-refractivity contribution in [1.29, 1.82) is 0 Å². The van der Waals surface area contributed by atoms with Crippen molar-refractivity contribution in [3.05, 3.63) is 83.7 Å². The van der Waals surface area contributed by atoms with Crippen LogP contribution in [0.4, 0.5) is 4.79 Å². The molecule has 5 aliphatic heterocycles. The Balaban J connectivity index is 1.04. The van der Waals surface area contributed by atoms with E-state index in [1.165, 1.54) is 10.6 Å². The van der Waals surface area contributed by atoms with Gasteiger partial charge in [-0.05, 0) is 86.8 Å². The van der Waals surface area contributed by atoms with Gasteiger partial charge in [0.25, 0.3) is 0 Å². The Morgan fingerprint density at radius 3 is 2.11 bits per heavy atom. The number of hydrogen-bond donors (Lipinski definition) is 2. The number of carbonyl (C=O) groups is 3. The lowest BCUT2D eigenvalue weighted by Crippen LogP contribution is -2.74. The zero-order valence-corrected chi connectivity index (χ0v) is 31.4. The highest BCUT2D eigenvalue weighted by molar-refractivity contribution is 6.01. The summed E-state index contributed by atoms with van der Waals surface area (Å²) in [4.78, 5) is 51.1. The van der Waals surface area contributed by atoms with Gasteiger partial charge in [-0.2, -0.15) is 0 Å². The average molecular weight is 742 g/mol. The summed E-state index contributed by atoms with van der Waals surface area (Å²) in [5, 5.41) is 15.5. The van der Waals surface area contributed by atoms with E-state index >= 15 is 0 Å². The fourth-order valence-electron chi connectivity index (χ4n) is 9.03. The molecule has 2 atom stereocenters. The molecule has 14 heteroatoms. The standard InChI is InChI=1S/C40H51N7O7/c1-52-32-24-29(25-33(53-2)34(32)54-3)27-44-17-12-39(28-44,30-8-5-4-6-9-30)11-16-43-18-13-40(14-19-43,31-10-7-15-41-26-31)37(50)42-38(51)47-35(36(48)49)45-20-22-46(47)23-21-45/h4-10,15,24-26,35H,11-14,16-23,27-28H2,1-3H3,(H,48,49)(H,42,50,51). The Hall–Kier alpha value is -4.76. The third-order valence-corrected chi connectivity index (χ3v) is 12.0. The summed E-state index contributed by atoms with van der Waals surface area (Å²) in [6.07, 6.45) is 5.22. The van der Waals surface area contributed by atoms with Crippen molar-refractivity contribution in [2.75, 3.05) is 80.2 Å². The van der Waals surface area contributed by atoms with Gasteiger partial charge in [-0.25, -0.2) is 19.6 Å². The molecule has 3 aromatic rings. The second-order valence-electron chi connectivity index (χ2n) is 14.9. The molecule has 5 fully saturated rings. The maximum atomic E-state index is 14.3. The van der Waals surface area contributed by atoms with Crippen LogP contribution in [0.25, 0.3) is 0 Å². The van der Waals surface area contributed by atoms with Gasteiger partial charge in [-0.15, -0.1) is 0 Å². The summed E-state index contributed by atoms with van der Waals surface area (Å²) in [6, 6.07) is 17.8. The first-order valence-corrected chi connectivity index (χ1v) is 18.8. The summed E-state index contributed by atoms with van der Waals surface area (Å²) < 4.78 is 16.8. The molecular weight excluding hydrogens is 690 g/mol. The molecule has 8 rings (SSSR count). The number of likely N-dealkylation sites (tertiary alicyclic amines) is 2. The highest BCUT2D eigenvalue weighted by atomic mass is 16.5. The van der Waals surface area contributed by atoms with Crippen LogP contribution in [-0.4, -0.2) is 139 Å². The summed E-state index contributed by atoms with van der Waals surface area (Å²) >= 11 is 0. The van der Waals surface area contributed by atoms with Crippen LogP contribution < -0.4 is 19.5 Å². The van der Waals surface area contributed by atoms with Crippen molar-refractivity contribution in [3.63, 3.8) is 0 Å². The SMILES string of the molecule is COc1cc(CN2CCC(CCN3CCC(C(=O)NC(=O)N4C(C(=O)O)N5CCN4CC5)(c4cccnc4)CC3)(c3ccccc3)C2)cc(OC)c1OC. The molecule has 54 heavy (non-hydrogen) atoms. The van der Waals surface area contributed by atoms with Crippen molar-refractivity contribution in [1.82, 2.24) is 35.0 Å². The Kier molecular flexibility index (Phi) is 11.1. The lowest BCUT2D eigenvalue weighted by Gasteiger charge is -2.52. The van der Waals surface area contributed by atoms with Crippen LogP contribution in [0.3, 0.4) is 0 Å². The number of fused-ring (bicyclic) bond motifs is 3. The molecular formula is C40H51N7O7. The van der Waals surface area contributed by atoms with Gasteiger partial charge in [-0.1, -0.05) is 36.4 Å². The molecule has 0 radical (unpaired) electrons. The number of piperazine rings is 1. The molecule has 0 aliphatic carbocycles. The van der Waals surface area contributed by atoms with Crippen LogP contribution in [0, 0.1) is 0 Å². The van der Waals surface area contributed by atoms with Crippen molar-refractivity contribution in [3.8, 4) is 17.2 Å². The molecule has 2 unspecified atom stereocenters. The van der Waals surface area contributed by atoms with E-state index < -0.39 is 29.5 Å². The third kappa shape index (κ3) is 7.22. The molecule has 6 heterocycles. The Labute approximate surface area is 316 Å². The zero-order chi connectivity index (χ0) is 37.9. The van der Waals surface area contributed by atoms with E-state index in [4.69, 9.17) is 14.2 Å². The highest BCUT2D eigenvalue weighted by Crippen LogP contribution is 2.42. The number of carbonyl (C=O) groups excluding carboxylic acids is 2. The van der Waals surface area contributed by atoms with Crippen molar-refractivity contribution < 1.29 is 33.7 Å². The Bertz CT molecular complexity index is 1770. The summed E-state index contributed by atoms with van der Waals surface area (Å²) in [5.41, 5.74) is 2.14. The number of imide groups is 1. The smallest absolute Gasteiger partial charge is 0.343 e. The number of benzene rings is 2. The van der Waals surface area contributed by atoms with Gasteiger partial charge in [0.05, 0.1) is 26.7 Å². The van der Waals surface area contributed by atoms with E-state index in [1.54, 1.807) is 43.6 Å². The molecule has 2 aromatic carbocycles. The quantitative estimate of drug-likeness (QED) is 0.282. The van der Waals surface area contributed by atoms with Gasteiger partial charge in [-0.3, -0.25) is 24.9 Å². The van der Waals surface area contributed by atoms with Gasteiger partial charge in [0.15, 0.2) is 11.5 Å². The second-order valence-corrected chi connectivity index (χ2v) is 14.9. The van der Waals surface area contributed by atoms with Crippen LogP contribution in [-0.2, 0) is 27.0 Å². The first kappa shape index (κ1) is 37.6. The number of nitrogens with zero attached hydrogens (tertiary/aromatic N) is 6. The number of carboxylic acid groups (broad SMARTS) is 1. The van der Waals surface area contributed by atoms with Gasteiger partial charge >= 0.3 is 12.0 Å². The number of urea groups is 1. The number of rotatable bonds is 12. The number of ether oxygens (including phenoxy) is 3. The summed E-state index contributed by atoms with van der Waals surface area (Å²) in [7, 11) is 4.88. The van der Waals surface area contributed by atoms with Crippen LogP contribution in [0.2, 0.25) is 0 Å². The number of pyridine rings is 1. The van der Waals surface area contributed by atoms with E-state index in [1.807, 2.05) is 24.3 Å². The van der Waals surface area contributed by atoms with Crippen molar-refractivity contribution >= 4 is 17.9 Å². The molecule has 5 saturated heterocycles. The minimum Gasteiger partial charge on any atom is -0.493 e. The second kappa shape index (κ2) is 15.9. The molecule has 0 spiro atoms. The fraction of sp³-hybridized carbons (Fsp3) is 0.500. The Morgan fingerprint density at radius 2 is 1.50 bits per heavy atom. The van der Waals surface area contributed by atoms with Crippen LogP contribution in [0.15, 0.2) is 67.0 Å². The first-order chi connectivity index (χ1) is 26.2. The van der Waals surface area contributed by atoms with Crippen LogP contribution in [0.5, 0.6) is 17.2 Å². The Morgan fingerprint density at radius 1 is 0.833 bits per heavy atom. The summed E-state index contributed by atoms with van der Waals surface area (Å²) in [5.74, 6) is 0.339. The fourth-order valence-corrected chi connectivity index (χ4v) is 9.03. The number of hydrogen-bond acceptors (Lipinski definition) is 11. The number of carboxylic acids is 1. The highest BCUT2D eigenvalue weighted by Gasteiger charge is 2.49. The maximum absolute atomic E-state index is 14.3. The minimum atomic E-state index is -1.14. The van der Waals surface area contributed by atoms with Crippen molar-refractivity contribution in [2.24, 2.45) is 0 Å². The normalized spacial score (nSPS) is 25.2.